The first kappa shape index (κ1) is 34.4. The average molecular weight is 697 g/mol. The number of thiazole rings is 1. The van der Waals surface area contributed by atoms with E-state index in [1.54, 1.807) is 46.9 Å². The highest BCUT2D eigenvalue weighted by atomic mass is 32.1. The molecule has 11 heteroatoms. The Morgan fingerprint density at radius 2 is 1.18 bits per heavy atom. The lowest BCUT2D eigenvalue weighted by Gasteiger charge is -2.13. The molecule has 260 valence electrons. The van der Waals surface area contributed by atoms with E-state index < -0.39 is 0 Å². The molecule has 0 aliphatic heterocycles. The van der Waals surface area contributed by atoms with Crippen LogP contribution in [0.2, 0.25) is 0 Å². The van der Waals surface area contributed by atoms with Crippen molar-refractivity contribution < 1.29 is 37.7 Å². The number of nitrogens with zero attached hydrogens (tertiary/aromatic N) is 2. The number of unbranched alkanes of at least 4 members (excludes halogenated alkanes) is 3. The third-order valence-corrected chi connectivity index (χ3v) is 9.26. The third-order valence-electron chi connectivity index (χ3n) is 8.18. The molecule has 0 fully saturated rings. The molecule has 0 saturated heterocycles. The van der Waals surface area contributed by atoms with E-state index in [0.29, 0.717) is 59.2 Å². The summed E-state index contributed by atoms with van der Waals surface area (Å²) in [4.78, 5) is 4.76. The van der Waals surface area contributed by atoms with E-state index >= 15 is 0 Å². The number of hydrogen-bond donors (Lipinski definition) is 0. The van der Waals surface area contributed by atoms with Crippen molar-refractivity contribution in [1.82, 2.24) is 10.1 Å². The molecule has 0 bridgehead atoms. The maximum atomic E-state index is 6.15. The molecule has 2 aromatic heterocycles. The van der Waals surface area contributed by atoms with Crippen LogP contribution in [0.1, 0.15) is 25.7 Å². The smallest absolute Gasteiger partial charge is 0.203 e. The summed E-state index contributed by atoms with van der Waals surface area (Å²) in [7, 11) is 8.01. The standard InChI is InChI=1S/C39H40N2O8S/c1-42-30-16-14-25(32-24-29(41-49-32)27-22-35(44-3)38(46-5)36(23-27)45-4)20-34(30)48-19-11-7-6-10-18-47-31-17-15-26(21-33(31)43-2)39-40-28-12-8-9-13-37(28)50-39/h8-9,12-17,20-24H,6-7,10-11,18-19H2,1-5H3. The number of para-hydroxylation sites is 1. The monoisotopic (exact) mass is 696 g/mol. The van der Waals surface area contributed by atoms with E-state index in [0.717, 1.165) is 63.3 Å². The maximum absolute atomic E-state index is 6.15. The first-order valence-corrected chi connectivity index (χ1v) is 17.1. The van der Waals surface area contributed by atoms with Crippen molar-refractivity contribution >= 4 is 21.6 Å². The lowest BCUT2D eigenvalue weighted by molar-refractivity contribution is 0.271. The lowest BCUT2D eigenvalue weighted by atomic mass is 10.1. The predicted octanol–water partition coefficient (Wildman–Crippen LogP) is 9.35. The van der Waals surface area contributed by atoms with Gasteiger partial charge in [0.05, 0.1) is 59.0 Å². The molecular formula is C39H40N2O8S. The molecule has 4 aromatic carbocycles. The molecule has 0 spiro atoms. The Labute approximate surface area is 295 Å². The molecule has 6 rings (SSSR count). The molecule has 0 saturated carbocycles. The molecule has 0 radical (unpaired) electrons. The van der Waals surface area contributed by atoms with Gasteiger partial charge in [0, 0.05) is 22.8 Å². The van der Waals surface area contributed by atoms with Gasteiger partial charge in [0.15, 0.2) is 40.3 Å². The Kier molecular flexibility index (Phi) is 11.2. The number of hydrogen-bond acceptors (Lipinski definition) is 11. The maximum Gasteiger partial charge on any atom is 0.203 e. The van der Waals surface area contributed by atoms with Crippen LogP contribution >= 0.6 is 11.3 Å². The van der Waals surface area contributed by atoms with Gasteiger partial charge in [-0.25, -0.2) is 4.98 Å². The van der Waals surface area contributed by atoms with E-state index in [9.17, 15) is 0 Å². The topological polar surface area (TPSA) is 104 Å². The van der Waals surface area contributed by atoms with E-state index in [4.69, 9.17) is 42.7 Å². The molecule has 10 nitrogen and oxygen atoms in total. The summed E-state index contributed by atoms with van der Waals surface area (Å²) in [6.45, 7) is 1.15. The number of fused-ring (bicyclic) bond motifs is 1. The SMILES string of the molecule is COc1cc(-c2nc3ccccc3s2)ccc1OCCCCCCOc1cc(-c2cc(-c3cc(OC)c(OC)c(OC)c3)no2)ccc1OC. The van der Waals surface area contributed by atoms with Gasteiger partial charge in [0.1, 0.15) is 10.7 Å². The highest BCUT2D eigenvalue weighted by Crippen LogP contribution is 2.42. The second-order valence-electron chi connectivity index (χ2n) is 11.3. The van der Waals surface area contributed by atoms with Crippen molar-refractivity contribution in [1.29, 1.82) is 0 Å². The Morgan fingerprint density at radius 1 is 0.560 bits per heavy atom. The first-order valence-electron chi connectivity index (χ1n) is 16.3. The minimum atomic E-state index is 0.511. The summed E-state index contributed by atoms with van der Waals surface area (Å²) in [5.74, 6) is 4.89. The molecule has 6 aromatic rings. The van der Waals surface area contributed by atoms with Gasteiger partial charge >= 0.3 is 0 Å². The van der Waals surface area contributed by atoms with Crippen LogP contribution in [-0.4, -0.2) is 58.9 Å². The van der Waals surface area contributed by atoms with Crippen LogP contribution in [0.25, 0.3) is 43.4 Å². The van der Waals surface area contributed by atoms with Gasteiger partial charge in [-0.1, -0.05) is 17.3 Å². The highest BCUT2D eigenvalue weighted by Gasteiger charge is 2.18. The first-order chi connectivity index (χ1) is 24.5. The van der Waals surface area contributed by atoms with Crippen molar-refractivity contribution in [2.24, 2.45) is 0 Å². The zero-order chi connectivity index (χ0) is 34.9. The number of ether oxygens (including phenoxy) is 7. The number of aromatic nitrogens is 2. The fourth-order valence-electron chi connectivity index (χ4n) is 5.56. The highest BCUT2D eigenvalue weighted by molar-refractivity contribution is 7.21. The van der Waals surface area contributed by atoms with Crippen molar-refractivity contribution in [3.63, 3.8) is 0 Å². The largest absolute Gasteiger partial charge is 0.493 e. The van der Waals surface area contributed by atoms with Gasteiger partial charge in [-0.05, 0) is 86.3 Å². The van der Waals surface area contributed by atoms with Crippen LogP contribution in [0.5, 0.6) is 40.2 Å². The summed E-state index contributed by atoms with van der Waals surface area (Å²) < 4.78 is 46.7. The second kappa shape index (κ2) is 16.3. The second-order valence-corrected chi connectivity index (χ2v) is 12.4. The van der Waals surface area contributed by atoms with E-state index in [-0.39, 0.29) is 0 Å². The fourth-order valence-corrected chi connectivity index (χ4v) is 6.52. The minimum Gasteiger partial charge on any atom is -0.493 e. The molecule has 0 atom stereocenters. The van der Waals surface area contributed by atoms with Crippen LogP contribution in [0.4, 0.5) is 0 Å². The van der Waals surface area contributed by atoms with Crippen molar-refractivity contribution in [2.45, 2.75) is 25.7 Å². The summed E-state index contributed by atoms with van der Waals surface area (Å²) in [6.07, 6.45) is 3.82. The van der Waals surface area contributed by atoms with Gasteiger partial charge < -0.3 is 37.7 Å². The Hall–Kier alpha value is -5.42. The van der Waals surface area contributed by atoms with Gasteiger partial charge in [0.2, 0.25) is 5.75 Å². The quantitative estimate of drug-likeness (QED) is 0.0857. The molecule has 0 aliphatic carbocycles. The van der Waals surface area contributed by atoms with E-state index in [1.165, 1.54) is 0 Å². The van der Waals surface area contributed by atoms with Gasteiger partial charge in [-0.3, -0.25) is 0 Å². The Bertz CT molecular complexity index is 1980. The van der Waals surface area contributed by atoms with Crippen molar-refractivity contribution in [3.8, 4) is 73.4 Å². The molecule has 0 aliphatic rings. The van der Waals surface area contributed by atoms with Crippen molar-refractivity contribution in [3.05, 3.63) is 78.9 Å². The van der Waals surface area contributed by atoms with Crippen LogP contribution in [0, 0.1) is 0 Å². The molecular weight excluding hydrogens is 657 g/mol. The summed E-state index contributed by atoms with van der Waals surface area (Å²) in [6, 6.07) is 25.3. The lowest BCUT2D eigenvalue weighted by Crippen LogP contribution is -2.02. The molecule has 0 amide bonds. The predicted molar refractivity (Wildman–Crippen MR) is 195 cm³/mol. The Morgan fingerprint density at radius 3 is 1.86 bits per heavy atom. The average Bonchev–Trinajstić information content (AvgIpc) is 3.83. The zero-order valence-corrected chi connectivity index (χ0v) is 29.6. The molecule has 50 heavy (non-hydrogen) atoms. The van der Waals surface area contributed by atoms with Gasteiger partial charge in [-0.2, -0.15) is 0 Å². The molecule has 0 unspecified atom stereocenters. The van der Waals surface area contributed by atoms with Gasteiger partial charge in [-0.15, -0.1) is 11.3 Å². The summed E-state index contributed by atoms with van der Waals surface area (Å²) in [5, 5.41) is 5.25. The van der Waals surface area contributed by atoms with E-state index in [1.807, 2.05) is 72.8 Å². The Balaban J connectivity index is 0.987. The van der Waals surface area contributed by atoms with Crippen LogP contribution in [0.3, 0.4) is 0 Å². The molecule has 0 N–H and O–H groups in total. The third kappa shape index (κ3) is 7.73. The summed E-state index contributed by atoms with van der Waals surface area (Å²) in [5.41, 5.74) is 4.22. The fraction of sp³-hybridized carbons (Fsp3) is 0.282. The van der Waals surface area contributed by atoms with Gasteiger partial charge in [0.25, 0.3) is 0 Å². The zero-order valence-electron chi connectivity index (χ0n) is 28.8. The normalized spacial score (nSPS) is 11.0. The van der Waals surface area contributed by atoms with E-state index in [2.05, 4.69) is 11.2 Å². The van der Waals surface area contributed by atoms with Crippen LogP contribution in [0.15, 0.2) is 83.4 Å². The van der Waals surface area contributed by atoms with Crippen molar-refractivity contribution in [2.75, 3.05) is 48.8 Å². The molecule has 2 heterocycles. The number of methoxy groups -OCH3 is 5. The van der Waals surface area contributed by atoms with Crippen LogP contribution < -0.4 is 33.2 Å². The number of rotatable bonds is 17. The van der Waals surface area contributed by atoms with Crippen LogP contribution in [-0.2, 0) is 0 Å². The number of benzene rings is 4. The minimum absolute atomic E-state index is 0.511. The summed E-state index contributed by atoms with van der Waals surface area (Å²) >= 11 is 1.67.